The van der Waals surface area contributed by atoms with Gasteiger partial charge in [0.25, 0.3) is 11.7 Å². The van der Waals surface area contributed by atoms with Crippen molar-refractivity contribution in [1.82, 2.24) is 9.88 Å². The number of ketones is 1. The van der Waals surface area contributed by atoms with Crippen molar-refractivity contribution in [1.29, 1.82) is 0 Å². The Morgan fingerprint density at radius 3 is 2.34 bits per heavy atom. The van der Waals surface area contributed by atoms with Crippen LogP contribution in [0.15, 0.2) is 103 Å². The van der Waals surface area contributed by atoms with Gasteiger partial charge in [-0.15, -0.1) is 0 Å². The van der Waals surface area contributed by atoms with E-state index in [9.17, 15) is 14.7 Å². The van der Waals surface area contributed by atoms with Crippen LogP contribution in [0.2, 0.25) is 0 Å². The van der Waals surface area contributed by atoms with Gasteiger partial charge in [-0.1, -0.05) is 66.2 Å². The minimum Gasteiger partial charge on any atom is -0.507 e. The van der Waals surface area contributed by atoms with E-state index in [2.05, 4.69) is 4.98 Å². The smallest absolute Gasteiger partial charge is 0.295 e. The number of aliphatic hydroxyl groups is 1. The largest absolute Gasteiger partial charge is 0.507 e. The second kappa shape index (κ2) is 10.7. The Bertz CT molecular complexity index is 1500. The van der Waals surface area contributed by atoms with E-state index in [-0.39, 0.29) is 17.9 Å². The summed E-state index contributed by atoms with van der Waals surface area (Å²) in [6.45, 7) is 4.43. The lowest BCUT2D eigenvalue weighted by molar-refractivity contribution is -0.140. The summed E-state index contributed by atoms with van der Waals surface area (Å²) in [5.41, 5.74) is 4.93. The molecule has 2 heterocycles. The molecule has 1 fully saturated rings. The molecule has 0 unspecified atom stereocenters. The second-order valence-corrected chi connectivity index (χ2v) is 9.45. The molecule has 4 aromatic rings. The number of hydrogen-bond donors (Lipinski definition) is 1. The molecule has 1 saturated heterocycles. The van der Waals surface area contributed by atoms with E-state index in [1.54, 1.807) is 30.6 Å². The quantitative estimate of drug-likeness (QED) is 0.193. The van der Waals surface area contributed by atoms with E-state index in [0.29, 0.717) is 17.9 Å². The molecular formula is C32H28N2O4. The van der Waals surface area contributed by atoms with Crippen LogP contribution in [0, 0.1) is 13.8 Å². The molecule has 1 aliphatic heterocycles. The summed E-state index contributed by atoms with van der Waals surface area (Å²) in [7, 11) is 0. The third-order valence-electron chi connectivity index (χ3n) is 6.71. The highest BCUT2D eigenvalue weighted by molar-refractivity contribution is 6.46. The predicted molar refractivity (Wildman–Crippen MR) is 145 cm³/mol. The number of rotatable bonds is 7. The van der Waals surface area contributed by atoms with Crippen LogP contribution >= 0.6 is 0 Å². The molecular weight excluding hydrogens is 476 g/mol. The van der Waals surface area contributed by atoms with Crippen molar-refractivity contribution >= 4 is 17.4 Å². The van der Waals surface area contributed by atoms with Gasteiger partial charge in [0.15, 0.2) is 0 Å². The minimum atomic E-state index is -0.732. The number of likely N-dealkylation sites (tertiary alicyclic amines) is 1. The van der Waals surface area contributed by atoms with E-state index in [0.717, 1.165) is 27.8 Å². The van der Waals surface area contributed by atoms with Crippen molar-refractivity contribution in [3.05, 3.63) is 136 Å². The Labute approximate surface area is 221 Å². The molecule has 0 spiro atoms. The highest BCUT2D eigenvalue weighted by atomic mass is 16.5. The van der Waals surface area contributed by atoms with Crippen molar-refractivity contribution < 1.29 is 19.4 Å². The zero-order valence-corrected chi connectivity index (χ0v) is 21.3. The van der Waals surface area contributed by atoms with Crippen LogP contribution in [0.1, 0.15) is 39.4 Å². The molecule has 38 heavy (non-hydrogen) atoms. The maximum Gasteiger partial charge on any atom is 0.295 e. The maximum absolute atomic E-state index is 13.4. The lowest BCUT2D eigenvalue weighted by Gasteiger charge is -2.25. The first-order valence-electron chi connectivity index (χ1n) is 12.4. The molecule has 0 radical (unpaired) electrons. The Morgan fingerprint density at radius 2 is 1.66 bits per heavy atom. The molecule has 1 aliphatic rings. The van der Waals surface area contributed by atoms with Crippen LogP contribution in [0.5, 0.6) is 5.75 Å². The van der Waals surface area contributed by atoms with Crippen LogP contribution in [0.4, 0.5) is 0 Å². The van der Waals surface area contributed by atoms with Crippen molar-refractivity contribution in [2.75, 3.05) is 0 Å². The summed E-state index contributed by atoms with van der Waals surface area (Å²) >= 11 is 0. The standard InChI is InChI=1S/C32H28N2O4/c1-21-10-12-25(13-11-21)29-28(31(36)32(37)34(29)19-24-9-6-16-33-18-24)30(35)27-15-14-26(17-22(27)2)38-20-23-7-4-3-5-8-23/h3-18,29,35H,19-20H2,1-2H3/t29-/m0/s1. The number of benzene rings is 3. The monoisotopic (exact) mass is 504 g/mol. The molecule has 3 aromatic carbocycles. The number of pyridine rings is 1. The molecule has 0 saturated carbocycles. The summed E-state index contributed by atoms with van der Waals surface area (Å²) in [4.78, 5) is 32.3. The SMILES string of the molecule is Cc1ccc([C@H]2C(=C(O)c3ccc(OCc4ccccc4)cc3C)C(=O)C(=O)N2Cc2cccnc2)cc1. The zero-order valence-electron chi connectivity index (χ0n) is 21.3. The van der Waals surface area contributed by atoms with Gasteiger partial charge in [-0.05, 0) is 60.4 Å². The second-order valence-electron chi connectivity index (χ2n) is 9.45. The fourth-order valence-corrected chi connectivity index (χ4v) is 4.70. The summed E-state index contributed by atoms with van der Waals surface area (Å²) in [5, 5.41) is 11.5. The van der Waals surface area contributed by atoms with E-state index in [4.69, 9.17) is 4.74 Å². The first-order chi connectivity index (χ1) is 18.4. The summed E-state index contributed by atoms with van der Waals surface area (Å²) < 4.78 is 5.92. The summed E-state index contributed by atoms with van der Waals surface area (Å²) in [5.74, 6) is -0.910. The molecule has 1 N–H and O–H groups in total. The third-order valence-corrected chi connectivity index (χ3v) is 6.71. The van der Waals surface area contributed by atoms with E-state index in [1.165, 1.54) is 4.90 Å². The average molecular weight is 505 g/mol. The molecule has 1 atom stereocenters. The fourth-order valence-electron chi connectivity index (χ4n) is 4.70. The number of carbonyl (C=O) groups excluding carboxylic acids is 2. The van der Waals surface area contributed by atoms with Gasteiger partial charge in [0.05, 0.1) is 11.6 Å². The van der Waals surface area contributed by atoms with Crippen molar-refractivity contribution in [2.24, 2.45) is 0 Å². The van der Waals surface area contributed by atoms with Crippen LogP contribution in [-0.4, -0.2) is 26.7 Å². The zero-order chi connectivity index (χ0) is 26.6. The third kappa shape index (κ3) is 5.06. The van der Waals surface area contributed by atoms with Gasteiger partial charge in [0.2, 0.25) is 0 Å². The summed E-state index contributed by atoms with van der Waals surface area (Å²) in [6.07, 6.45) is 3.33. The minimum absolute atomic E-state index is 0.0730. The van der Waals surface area contributed by atoms with E-state index >= 15 is 0 Å². The molecule has 6 nitrogen and oxygen atoms in total. The Hall–Kier alpha value is -4.71. The lowest BCUT2D eigenvalue weighted by Crippen LogP contribution is -2.29. The normalized spacial score (nSPS) is 16.6. The number of carbonyl (C=O) groups is 2. The number of Topliss-reactive ketones (excluding diaryl/α,β-unsaturated/α-hetero) is 1. The average Bonchev–Trinajstić information content (AvgIpc) is 3.18. The highest BCUT2D eigenvalue weighted by Crippen LogP contribution is 2.41. The molecule has 5 rings (SSSR count). The van der Waals surface area contributed by atoms with Crippen LogP contribution in [0.3, 0.4) is 0 Å². The van der Waals surface area contributed by atoms with Crippen LogP contribution < -0.4 is 4.74 Å². The number of hydrogen-bond acceptors (Lipinski definition) is 5. The molecule has 6 heteroatoms. The van der Waals surface area contributed by atoms with E-state index < -0.39 is 17.7 Å². The van der Waals surface area contributed by atoms with Crippen molar-refractivity contribution in [3.8, 4) is 5.75 Å². The molecule has 0 bridgehead atoms. The van der Waals surface area contributed by atoms with Gasteiger partial charge in [-0.25, -0.2) is 0 Å². The molecule has 190 valence electrons. The van der Waals surface area contributed by atoms with Gasteiger partial charge in [-0.2, -0.15) is 0 Å². The number of aryl methyl sites for hydroxylation is 2. The number of amides is 1. The van der Waals surface area contributed by atoms with Gasteiger partial charge < -0.3 is 14.7 Å². The first kappa shape index (κ1) is 25.0. The van der Waals surface area contributed by atoms with Crippen LogP contribution in [0.25, 0.3) is 5.76 Å². The lowest BCUT2D eigenvalue weighted by atomic mass is 9.93. The van der Waals surface area contributed by atoms with Crippen LogP contribution in [-0.2, 0) is 22.7 Å². The van der Waals surface area contributed by atoms with Gasteiger partial charge >= 0.3 is 0 Å². The summed E-state index contributed by atoms with van der Waals surface area (Å²) in [6, 6.07) is 25.7. The van der Waals surface area contributed by atoms with Gasteiger partial charge in [-0.3, -0.25) is 14.6 Å². The van der Waals surface area contributed by atoms with Gasteiger partial charge in [0, 0.05) is 24.5 Å². The van der Waals surface area contributed by atoms with Crippen molar-refractivity contribution in [2.45, 2.75) is 33.0 Å². The van der Waals surface area contributed by atoms with Gasteiger partial charge in [0.1, 0.15) is 18.1 Å². The first-order valence-corrected chi connectivity index (χ1v) is 12.4. The number of ether oxygens (including phenoxy) is 1. The number of nitrogens with zero attached hydrogens (tertiary/aromatic N) is 2. The molecule has 0 aliphatic carbocycles. The Balaban J connectivity index is 1.52. The predicted octanol–water partition coefficient (Wildman–Crippen LogP) is 5.90. The maximum atomic E-state index is 13.4. The topological polar surface area (TPSA) is 79.7 Å². The van der Waals surface area contributed by atoms with E-state index in [1.807, 2.05) is 80.6 Å². The Morgan fingerprint density at radius 1 is 0.921 bits per heavy atom. The van der Waals surface area contributed by atoms with Crippen molar-refractivity contribution in [3.63, 3.8) is 0 Å². The molecule has 1 aromatic heterocycles. The highest BCUT2D eigenvalue weighted by Gasteiger charge is 2.46. The fraction of sp³-hybridized carbons (Fsp3) is 0.156. The number of aromatic nitrogens is 1. The Kier molecular flexibility index (Phi) is 7.05. The number of aliphatic hydroxyl groups excluding tert-OH is 1. The molecule has 1 amide bonds.